The molecular formula is C17H32N4O7. The zero-order chi connectivity index (χ0) is 21.1. The standard InChI is InChI=1S/C17H32N4O7/c1-14(22)10-18-2-4-19(11-15(23)24)6-8-21(13-17(27)28)9-7-20(5-3-18)12-16(25)26/h14,22H,2-13H2,1H3,(H,23,24)(H,25,26)(H,27,28). The fourth-order valence-electron chi connectivity index (χ4n) is 3.18. The number of hydrogen-bond acceptors (Lipinski definition) is 8. The van der Waals surface area contributed by atoms with Gasteiger partial charge in [-0.2, -0.15) is 0 Å². The van der Waals surface area contributed by atoms with Gasteiger partial charge in [0, 0.05) is 58.9 Å². The summed E-state index contributed by atoms with van der Waals surface area (Å²) >= 11 is 0. The minimum Gasteiger partial charge on any atom is -0.480 e. The number of carboxylic acid groups (broad SMARTS) is 3. The summed E-state index contributed by atoms with van der Waals surface area (Å²) in [5.74, 6) is -2.89. The van der Waals surface area contributed by atoms with Crippen molar-refractivity contribution in [1.29, 1.82) is 0 Å². The molecule has 1 saturated heterocycles. The smallest absolute Gasteiger partial charge is 0.317 e. The molecule has 0 aromatic rings. The number of aliphatic carboxylic acids is 3. The average molecular weight is 404 g/mol. The van der Waals surface area contributed by atoms with Crippen molar-refractivity contribution in [2.75, 3.05) is 78.5 Å². The summed E-state index contributed by atoms with van der Waals surface area (Å²) in [7, 11) is 0. The van der Waals surface area contributed by atoms with Crippen LogP contribution in [-0.4, -0.2) is 143 Å². The van der Waals surface area contributed by atoms with Crippen LogP contribution >= 0.6 is 0 Å². The largest absolute Gasteiger partial charge is 0.480 e. The first kappa shape index (κ1) is 24.2. The van der Waals surface area contributed by atoms with Crippen LogP contribution in [0.3, 0.4) is 0 Å². The van der Waals surface area contributed by atoms with E-state index in [9.17, 15) is 19.5 Å². The Morgan fingerprint density at radius 1 is 0.643 bits per heavy atom. The van der Waals surface area contributed by atoms with E-state index in [1.807, 2.05) is 4.90 Å². The molecule has 0 amide bonds. The van der Waals surface area contributed by atoms with Gasteiger partial charge in [0.1, 0.15) is 0 Å². The Bertz CT molecular complexity index is 486. The highest BCUT2D eigenvalue weighted by atomic mass is 16.4. The van der Waals surface area contributed by atoms with Crippen LogP contribution in [0.4, 0.5) is 0 Å². The van der Waals surface area contributed by atoms with Gasteiger partial charge in [0.05, 0.1) is 25.7 Å². The molecule has 11 heteroatoms. The molecule has 1 unspecified atom stereocenters. The molecule has 0 saturated carbocycles. The third-order valence-electron chi connectivity index (χ3n) is 4.53. The Labute approximate surface area is 164 Å². The van der Waals surface area contributed by atoms with Crippen LogP contribution in [0.5, 0.6) is 0 Å². The molecule has 1 aliphatic heterocycles. The first-order valence-corrected chi connectivity index (χ1v) is 9.38. The second-order valence-electron chi connectivity index (χ2n) is 7.16. The zero-order valence-corrected chi connectivity index (χ0v) is 16.4. The highest BCUT2D eigenvalue weighted by Gasteiger charge is 2.20. The number of carboxylic acids is 3. The third-order valence-corrected chi connectivity index (χ3v) is 4.53. The number of β-amino-alcohol motifs (C(OH)–C–C–N with tert-alkyl or cyclic N) is 1. The van der Waals surface area contributed by atoms with Gasteiger partial charge >= 0.3 is 17.9 Å². The Morgan fingerprint density at radius 3 is 1.11 bits per heavy atom. The molecule has 1 rings (SSSR count). The molecule has 4 N–H and O–H groups in total. The lowest BCUT2D eigenvalue weighted by molar-refractivity contribution is -0.140. The van der Waals surface area contributed by atoms with Crippen molar-refractivity contribution in [2.45, 2.75) is 13.0 Å². The Kier molecular flexibility index (Phi) is 10.9. The highest BCUT2D eigenvalue weighted by Crippen LogP contribution is 2.02. The quantitative estimate of drug-likeness (QED) is 0.351. The number of carbonyl (C=O) groups is 3. The van der Waals surface area contributed by atoms with Crippen LogP contribution in [0.2, 0.25) is 0 Å². The van der Waals surface area contributed by atoms with E-state index in [1.54, 1.807) is 21.6 Å². The maximum atomic E-state index is 11.1. The van der Waals surface area contributed by atoms with Gasteiger partial charge in [0.15, 0.2) is 0 Å². The summed E-state index contributed by atoms with van der Waals surface area (Å²) in [6.45, 7) is 5.10. The second-order valence-corrected chi connectivity index (χ2v) is 7.16. The third kappa shape index (κ3) is 11.1. The van der Waals surface area contributed by atoms with E-state index in [0.29, 0.717) is 58.9 Å². The van der Waals surface area contributed by atoms with Gasteiger partial charge in [-0.25, -0.2) is 0 Å². The fraction of sp³-hybridized carbons (Fsp3) is 0.824. The topological polar surface area (TPSA) is 145 Å². The average Bonchev–Trinajstić information content (AvgIpc) is 2.55. The summed E-state index contributed by atoms with van der Waals surface area (Å²) in [6.07, 6.45) is -0.556. The number of nitrogens with zero attached hydrogens (tertiary/aromatic N) is 4. The SMILES string of the molecule is CC(O)CN1CCN(CC(=O)O)CCN(CC(=O)O)CCN(CC(=O)O)CC1. The van der Waals surface area contributed by atoms with Gasteiger partial charge < -0.3 is 20.4 Å². The molecule has 11 nitrogen and oxygen atoms in total. The first-order chi connectivity index (χ1) is 13.2. The van der Waals surface area contributed by atoms with Gasteiger partial charge in [0.25, 0.3) is 0 Å². The lowest BCUT2D eigenvalue weighted by Gasteiger charge is -2.33. The molecule has 28 heavy (non-hydrogen) atoms. The normalized spacial score (nSPS) is 20.8. The molecule has 1 fully saturated rings. The van der Waals surface area contributed by atoms with E-state index >= 15 is 0 Å². The summed E-state index contributed by atoms with van der Waals surface area (Å²) in [4.78, 5) is 40.6. The molecule has 162 valence electrons. The maximum absolute atomic E-state index is 11.1. The molecule has 0 bridgehead atoms. The van der Waals surface area contributed by atoms with E-state index in [0.717, 1.165) is 0 Å². The van der Waals surface area contributed by atoms with Gasteiger partial charge in [-0.15, -0.1) is 0 Å². The number of aliphatic hydroxyl groups is 1. The van der Waals surface area contributed by atoms with Crippen molar-refractivity contribution in [3.05, 3.63) is 0 Å². The Morgan fingerprint density at radius 2 is 0.893 bits per heavy atom. The zero-order valence-electron chi connectivity index (χ0n) is 16.4. The molecule has 0 spiro atoms. The summed E-state index contributed by atoms with van der Waals surface area (Å²) < 4.78 is 0. The number of aliphatic hydroxyl groups excluding tert-OH is 1. The van der Waals surface area contributed by atoms with Gasteiger partial charge in [-0.3, -0.25) is 34.0 Å². The minimum absolute atomic E-state index is 0.144. The molecule has 0 aromatic heterocycles. The van der Waals surface area contributed by atoms with Gasteiger partial charge in [-0.1, -0.05) is 0 Å². The van der Waals surface area contributed by atoms with Crippen molar-refractivity contribution < 1.29 is 34.8 Å². The second kappa shape index (κ2) is 12.6. The predicted molar refractivity (Wildman–Crippen MR) is 100 cm³/mol. The van der Waals surface area contributed by atoms with Crippen LogP contribution in [0.25, 0.3) is 0 Å². The highest BCUT2D eigenvalue weighted by molar-refractivity contribution is 5.69. The van der Waals surface area contributed by atoms with Crippen molar-refractivity contribution in [3.8, 4) is 0 Å². The van der Waals surface area contributed by atoms with Crippen LogP contribution < -0.4 is 0 Å². The van der Waals surface area contributed by atoms with Gasteiger partial charge in [-0.05, 0) is 6.92 Å². The van der Waals surface area contributed by atoms with Crippen LogP contribution in [0.1, 0.15) is 6.92 Å². The first-order valence-electron chi connectivity index (χ1n) is 9.38. The van der Waals surface area contributed by atoms with E-state index in [-0.39, 0.29) is 19.6 Å². The Hall–Kier alpha value is -1.79. The number of hydrogen-bond donors (Lipinski definition) is 4. The molecule has 0 aromatic carbocycles. The maximum Gasteiger partial charge on any atom is 0.317 e. The van der Waals surface area contributed by atoms with E-state index in [4.69, 9.17) is 15.3 Å². The molecule has 1 heterocycles. The summed E-state index contributed by atoms with van der Waals surface area (Å²) in [5, 5.41) is 37.1. The lowest BCUT2D eigenvalue weighted by atomic mass is 10.3. The molecule has 0 radical (unpaired) electrons. The van der Waals surface area contributed by atoms with Crippen LogP contribution in [0, 0.1) is 0 Å². The lowest BCUT2D eigenvalue weighted by Crippen LogP contribution is -2.49. The summed E-state index contributed by atoms with van der Waals surface area (Å²) in [6, 6.07) is 0. The predicted octanol–water partition coefficient (Wildman–Crippen LogP) is -2.16. The van der Waals surface area contributed by atoms with Gasteiger partial charge in [0.2, 0.25) is 0 Å². The van der Waals surface area contributed by atoms with Crippen molar-refractivity contribution in [2.24, 2.45) is 0 Å². The van der Waals surface area contributed by atoms with Crippen LogP contribution in [-0.2, 0) is 14.4 Å². The van der Waals surface area contributed by atoms with E-state index < -0.39 is 24.0 Å². The van der Waals surface area contributed by atoms with Crippen molar-refractivity contribution in [1.82, 2.24) is 19.6 Å². The molecule has 1 aliphatic rings. The summed E-state index contributed by atoms with van der Waals surface area (Å²) in [5.41, 5.74) is 0. The molecule has 0 aliphatic carbocycles. The van der Waals surface area contributed by atoms with E-state index in [1.165, 1.54) is 0 Å². The molecular weight excluding hydrogens is 372 g/mol. The number of rotatable bonds is 8. The minimum atomic E-state index is -0.982. The van der Waals surface area contributed by atoms with Crippen LogP contribution in [0.15, 0.2) is 0 Å². The van der Waals surface area contributed by atoms with Crippen molar-refractivity contribution in [3.63, 3.8) is 0 Å². The molecule has 1 atom stereocenters. The fourth-order valence-corrected chi connectivity index (χ4v) is 3.18. The monoisotopic (exact) mass is 404 g/mol. The Balaban J connectivity index is 2.89. The van der Waals surface area contributed by atoms with Crippen molar-refractivity contribution >= 4 is 17.9 Å². The van der Waals surface area contributed by atoms with E-state index in [2.05, 4.69) is 0 Å².